The molecule has 0 heterocycles. The van der Waals surface area contributed by atoms with Gasteiger partial charge in [0.25, 0.3) is 0 Å². The Kier molecular flexibility index (Phi) is 3.34. The molecule has 0 aromatic carbocycles. The zero-order valence-corrected chi connectivity index (χ0v) is 8.80. The Balaban J connectivity index is 3.80. The van der Waals surface area contributed by atoms with Crippen molar-refractivity contribution in [3.63, 3.8) is 0 Å². The van der Waals surface area contributed by atoms with Gasteiger partial charge in [-0.1, -0.05) is 0 Å². The van der Waals surface area contributed by atoms with Gasteiger partial charge in [-0.05, 0) is 0 Å². The monoisotopic (exact) mass is 202 g/mol. The molecule has 0 rings (SSSR count). The van der Waals surface area contributed by atoms with Crippen LogP contribution in [0.25, 0.3) is 0 Å². The summed E-state index contributed by atoms with van der Waals surface area (Å²) in [5, 5.41) is -0.548. The summed E-state index contributed by atoms with van der Waals surface area (Å²) in [7, 11) is 0.314. The van der Waals surface area contributed by atoms with Crippen LogP contribution in [-0.4, -0.2) is 41.8 Å². The number of hydrogen-bond donors (Lipinski definition) is 0. The first kappa shape index (κ1) is 8.38. The van der Waals surface area contributed by atoms with Crippen molar-refractivity contribution in [2.45, 2.75) is 0 Å². The Hall–Kier alpha value is 1.38. The molecule has 0 unspecified atom stereocenters. The molecular formula is C4H12P2Se. The summed E-state index contributed by atoms with van der Waals surface area (Å²) in [5.74, 6) is 0. The molecule has 0 aliphatic carbocycles. The molecule has 0 nitrogen and oxygen atoms in total. The SMILES string of the molecule is CP(C)P(C)(C)=[Se]. The summed E-state index contributed by atoms with van der Waals surface area (Å²) in [6.07, 6.45) is 0. The van der Waals surface area contributed by atoms with E-state index < -0.39 is 5.20 Å². The minimum absolute atomic E-state index is 0.314. The summed E-state index contributed by atoms with van der Waals surface area (Å²) < 4.78 is 0. The Morgan fingerprint density at radius 2 is 1.43 bits per heavy atom. The van der Waals surface area contributed by atoms with E-state index in [0.29, 0.717) is 7.61 Å². The molecule has 44 valence electrons. The van der Waals surface area contributed by atoms with Crippen LogP contribution in [0.1, 0.15) is 0 Å². The Morgan fingerprint density at radius 1 is 1.29 bits per heavy atom. The molecule has 0 aromatic rings. The van der Waals surface area contributed by atoms with Crippen LogP contribution in [0.3, 0.4) is 0 Å². The number of hydrogen-bond acceptors (Lipinski definition) is 0. The van der Waals surface area contributed by atoms with Crippen molar-refractivity contribution in [1.82, 2.24) is 0 Å². The molecule has 7 heavy (non-hydrogen) atoms. The number of rotatable bonds is 1. The minimum atomic E-state index is -0.548. The van der Waals surface area contributed by atoms with E-state index in [2.05, 4.69) is 41.8 Å². The summed E-state index contributed by atoms with van der Waals surface area (Å²) in [6.45, 7) is 9.36. The van der Waals surface area contributed by atoms with Gasteiger partial charge in [-0.15, -0.1) is 0 Å². The van der Waals surface area contributed by atoms with Gasteiger partial charge in [0.15, 0.2) is 0 Å². The maximum atomic E-state index is 3.26. The Labute approximate surface area is 54.9 Å². The molecule has 0 spiro atoms. The van der Waals surface area contributed by atoms with Crippen LogP contribution in [0.5, 0.6) is 0 Å². The molecule has 0 amide bonds. The van der Waals surface area contributed by atoms with Crippen molar-refractivity contribution in [3.05, 3.63) is 0 Å². The second-order valence-electron chi connectivity index (χ2n) is 2.14. The van der Waals surface area contributed by atoms with E-state index in [0.717, 1.165) is 0 Å². The van der Waals surface area contributed by atoms with Crippen LogP contribution < -0.4 is 0 Å². The average Bonchev–Trinajstić information content (AvgIpc) is 1.31. The third-order valence-electron chi connectivity index (χ3n) is 0.963. The molecule has 0 bridgehead atoms. The Morgan fingerprint density at radius 3 is 1.43 bits per heavy atom. The Bertz CT molecular complexity index is 91.9. The topological polar surface area (TPSA) is 0 Å². The van der Waals surface area contributed by atoms with Gasteiger partial charge in [0, 0.05) is 0 Å². The summed E-state index contributed by atoms with van der Waals surface area (Å²) >= 11 is 3.26. The molecule has 0 N–H and O–H groups in total. The van der Waals surface area contributed by atoms with Crippen LogP contribution in [0.2, 0.25) is 0 Å². The molecule has 0 aliphatic rings. The molecule has 0 radical (unpaired) electrons. The van der Waals surface area contributed by atoms with Gasteiger partial charge in [-0.25, -0.2) is 0 Å². The fourth-order valence-electron chi connectivity index (χ4n) is 0. The van der Waals surface area contributed by atoms with Crippen molar-refractivity contribution >= 4 is 27.9 Å². The van der Waals surface area contributed by atoms with Gasteiger partial charge in [0.2, 0.25) is 0 Å². The summed E-state index contributed by atoms with van der Waals surface area (Å²) in [6, 6.07) is 0. The van der Waals surface area contributed by atoms with Gasteiger partial charge >= 0.3 is 54.6 Å². The van der Waals surface area contributed by atoms with E-state index in [9.17, 15) is 0 Å². The van der Waals surface area contributed by atoms with Crippen LogP contribution in [0.15, 0.2) is 0 Å². The van der Waals surface area contributed by atoms with Gasteiger partial charge in [0.05, 0.1) is 0 Å². The normalized spacial score (nSPS) is 12.7. The van der Waals surface area contributed by atoms with Crippen molar-refractivity contribution in [3.8, 4) is 0 Å². The summed E-state index contributed by atoms with van der Waals surface area (Å²) in [5.41, 5.74) is 0. The predicted octanol–water partition coefficient (Wildman–Crippen LogP) is 2.00. The molecule has 0 fully saturated rings. The molecule has 0 saturated carbocycles. The van der Waals surface area contributed by atoms with Crippen molar-refractivity contribution in [1.29, 1.82) is 0 Å². The van der Waals surface area contributed by atoms with Gasteiger partial charge in [-0.2, -0.15) is 0 Å². The van der Waals surface area contributed by atoms with E-state index in [1.807, 2.05) is 0 Å². The van der Waals surface area contributed by atoms with E-state index in [-0.39, 0.29) is 0 Å². The molecule has 0 aromatic heterocycles. The standard InChI is InChI=1S/C4H12P2Se/c1-5(2)6(3,4)7/h1-4H3. The second-order valence-corrected chi connectivity index (χ2v) is 19.4. The zero-order valence-electron chi connectivity index (χ0n) is 5.30. The van der Waals surface area contributed by atoms with Gasteiger partial charge in [0.1, 0.15) is 0 Å². The summed E-state index contributed by atoms with van der Waals surface area (Å²) in [4.78, 5) is 0. The van der Waals surface area contributed by atoms with Gasteiger partial charge < -0.3 is 0 Å². The first-order valence-corrected chi connectivity index (χ1v) is 10.0. The fraction of sp³-hybridized carbons (Fsp3) is 1.00. The fourth-order valence-corrected chi connectivity index (χ4v) is 0. The van der Waals surface area contributed by atoms with Crippen molar-refractivity contribution in [2.24, 2.45) is 0 Å². The first-order chi connectivity index (χ1) is 2.94. The average molecular weight is 201 g/mol. The maximum absolute atomic E-state index is 3.26. The van der Waals surface area contributed by atoms with E-state index in [1.54, 1.807) is 0 Å². The van der Waals surface area contributed by atoms with E-state index in [4.69, 9.17) is 0 Å². The van der Waals surface area contributed by atoms with Crippen molar-refractivity contribution < 1.29 is 0 Å². The third kappa shape index (κ3) is 3.92. The molecule has 0 aliphatic heterocycles. The van der Waals surface area contributed by atoms with E-state index in [1.165, 1.54) is 0 Å². The van der Waals surface area contributed by atoms with E-state index >= 15 is 0 Å². The zero-order chi connectivity index (χ0) is 6.08. The van der Waals surface area contributed by atoms with Crippen LogP contribution in [0, 0.1) is 0 Å². The molecule has 0 saturated heterocycles. The molecule has 3 heteroatoms. The molecular weight excluding hydrogens is 189 g/mol. The quantitative estimate of drug-likeness (QED) is 0.449. The first-order valence-electron chi connectivity index (χ1n) is 2.17. The predicted molar refractivity (Wildman–Crippen MR) is 43.3 cm³/mol. The van der Waals surface area contributed by atoms with Crippen LogP contribution in [-0.2, 0) is 0 Å². The van der Waals surface area contributed by atoms with Crippen LogP contribution in [0.4, 0.5) is 0 Å². The van der Waals surface area contributed by atoms with Crippen LogP contribution >= 0.6 is 12.8 Å². The van der Waals surface area contributed by atoms with Crippen molar-refractivity contribution in [2.75, 3.05) is 26.7 Å². The molecule has 0 atom stereocenters. The van der Waals surface area contributed by atoms with Gasteiger partial charge in [-0.3, -0.25) is 0 Å². The third-order valence-corrected chi connectivity index (χ3v) is 14.8. The second kappa shape index (κ2) is 2.79.